The van der Waals surface area contributed by atoms with E-state index in [2.05, 4.69) is 32.0 Å². The Morgan fingerprint density at radius 2 is 1.97 bits per heavy atom. The Kier molecular flexibility index (Phi) is 7.49. The van der Waals surface area contributed by atoms with Gasteiger partial charge in [0.25, 0.3) is 0 Å². The van der Waals surface area contributed by atoms with Crippen LogP contribution in [0.2, 0.25) is 0 Å². The van der Waals surface area contributed by atoms with Crippen molar-refractivity contribution in [1.29, 1.82) is 0 Å². The standard InChI is InChI=1S/C24H28N6O2S3/c1-16-15-34-23(26-16)35-24(6-7-24)19-14-20(30-9-12-32-13-10-30)29-21(28-19)17-2-4-18(5-3-17)27-22(33)25-8-11-31/h2-5,14-15,31H,6-13H2,1H3,(H2,25,27,33). The number of benzene rings is 1. The fraction of sp³-hybridized carbons (Fsp3) is 0.417. The van der Waals surface area contributed by atoms with Gasteiger partial charge in [0.05, 0.1) is 30.3 Å². The summed E-state index contributed by atoms with van der Waals surface area (Å²) in [7, 11) is 0. The van der Waals surface area contributed by atoms with E-state index in [1.165, 1.54) is 0 Å². The maximum atomic E-state index is 8.95. The van der Waals surface area contributed by atoms with Crippen LogP contribution >= 0.6 is 35.3 Å². The smallest absolute Gasteiger partial charge is 0.170 e. The van der Waals surface area contributed by atoms with Crippen molar-refractivity contribution in [2.45, 2.75) is 28.9 Å². The molecule has 3 aromatic rings. The van der Waals surface area contributed by atoms with E-state index in [1.54, 1.807) is 11.3 Å². The fourth-order valence-corrected chi connectivity index (χ4v) is 6.46. The first kappa shape index (κ1) is 24.4. The predicted octanol–water partition coefficient (Wildman–Crippen LogP) is 3.81. The number of aryl methyl sites for hydroxylation is 1. The number of aliphatic hydroxyl groups excluding tert-OH is 1. The summed E-state index contributed by atoms with van der Waals surface area (Å²) in [5.74, 6) is 1.67. The van der Waals surface area contributed by atoms with Crippen LogP contribution in [0.25, 0.3) is 11.4 Å². The number of nitrogens with one attached hydrogen (secondary N) is 2. The molecule has 0 amide bonds. The average Bonchev–Trinajstić information content (AvgIpc) is 3.56. The average molecular weight is 529 g/mol. The number of morpholine rings is 1. The van der Waals surface area contributed by atoms with E-state index in [-0.39, 0.29) is 11.4 Å². The largest absolute Gasteiger partial charge is 0.395 e. The summed E-state index contributed by atoms with van der Waals surface area (Å²) < 4.78 is 6.61. The van der Waals surface area contributed by atoms with Crippen molar-refractivity contribution >= 4 is 51.9 Å². The lowest BCUT2D eigenvalue weighted by Gasteiger charge is -2.29. The zero-order chi connectivity index (χ0) is 24.3. The first-order valence-electron chi connectivity index (χ1n) is 11.6. The normalized spacial score (nSPS) is 16.7. The van der Waals surface area contributed by atoms with E-state index in [0.29, 0.717) is 24.9 Å². The monoisotopic (exact) mass is 528 g/mol. The number of anilines is 2. The molecule has 35 heavy (non-hydrogen) atoms. The van der Waals surface area contributed by atoms with Gasteiger partial charge in [0.1, 0.15) is 5.82 Å². The van der Waals surface area contributed by atoms with Crippen molar-refractivity contribution < 1.29 is 9.84 Å². The minimum Gasteiger partial charge on any atom is -0.395 e. The van der Waals surface area contributed by atoms with Crippen LogP contribution in [0.1, 0.15) is 24.2 Å². The third-order valence-corrected chi connectivity index (χ3v) is 8.71. The zero-order valence-corrected chi connectivity index (χ0v) is 21.9. The highest BCUT2D eigenvalue weighted by Gasteiger charge is 2.48. The van der Waals surface area contributed by atoms with Gasteiger partial charge in [0.15, 0.2) is 15.3 Å². The van der Waals surface area contributed by atoms with Crippen LogP contribution in [0.3, 0.4) is 0 Å². The van der Waals surface area contributed by atoms with E-state index >= 15 is 0 Å². The summed E-state index contributed by atoms with van der Waals surface area (Å²) in [6.45, 7) is 5.53. The molecule has 184 valence electrons. The highest BCUT2D eigenvalue weighted by Crippen LogP contribution is 2.59. The minimum absolute atomic E-state index is 0.0296. The van der Waals surface area contributed by atoms with Gasteiger partial charge in [-0.05, 0) is 56.2 Å². The first-order chi connectivity index (χ1) is 17.0. The molecule has 0 unspecified atom stereocenters. The number of ether oxygens (including phenoxy) is 1. The molecule has 1 aliphatic carbocycles. The molecule has 2 fully saturated rings. The van der Waals surface area contributed by atoms with Gasteiger partial charge in [-0.1, -0.05) is 11.8 Å². The highest BCUT2D eigenvalue weighted by atomic mass is 32.2. The van der Waals surface area contributed by atoms with Gasteiger partial charge >= 0.3 is 0 Å². The molecular weight excluding hydrogens is 501 g/mol. The van der Waals surface area contributed by atoms with Crippen molar-refractivity contribution in [2.24, 2.45) is 0 Å². The summed E-state index contributed by atoms with van der Waals surface area (Å²) in [6, 6.07) is 10.1. The molecule has 0 radical (unpaired) electrons. The number of hydrogen-bond acceptors (Lipinski definition) is 9. The molecule has 1 aromatic carbocycles. The summed E-state index contributed by atoms with van der Waals surface area (Å²) in [6.07, 6.45) is 2.16. The minimum atomic E-state index is -0.0465. The predicted molar refractivity (Wildman–Crippen MR) is 145 cm³/mol. The molecule has 2 aromatic heterocycles. The lowest BCUT2D eigenvalue weighted by Crippen LogP contribution is -2.37. The Morgan fingerprint density at radius 1 is 1.20 bits per heavy atom. The quantitative estimate of drug-likeness (QED) is 0.375. The molecule has 0 atom stereocenters. The second-order valence-electron chi connectivity index (χ2n) is 8.57. The van der Waals surface area contributed by atoms with Crippen LogP contribution in [-0.2, 0) is 9.48 Å². The lowest BCUT2D eigenvalue weighted by molar-refractivity contribution is 0.122. The van der Waals surface area contributed by atoms with Crippen LogP contribution in [0.15, 0.2) is 40.1 Å². The molecule has 5 rings (SSSR count). The van der Waals surface area contributed by atoms with Gasteiger partial charge in [0, 0.05) is 48.0 Å². The van der Waals surface area contributed by atoms with Crippen LogP contribution in [0.4, 0.5) is 11.5 Å². The number of aliphatic hydroxyl groups is 1. The van der Waals surface area contributed by atoms with Crippen molar-refractivity contribution in [3.8, 4) is 11.4 Å². The second kappa shape index (κ2) is 10.8. The maximum absolute atomic E-state index is 8.95. The number of thiazole rings is 1. The Hall–Kier alpha value is -2.31. The number of aromatic nitrogens is 3. The molecule has 8 nitrogen and oxygen atoms in total. The molecule has 1 saturated carbocycles. The van der Waals surface area contributed by atoms with Crippen LogP contribution in [0.5, 0.6) is 0 Å². The molecule has 11 heteroatoms. The van der Waals surface area contributed by atoms with Gasteiger partial charge in [-0.15, -0.1) is 11.3 Å². The SMILES string of the molecule is Cc1csc(SC2(c3cc(N4CCOCC4)nc(-c4ccc(NC(=S)NCCO)cc4)n3)CC2)n1. The highest BCUT2D eigenvalue weighted by molar-refractivity contribution is 8.02. The topological polar surface area (TPSA) is 95.4 Å². The number of rotatable bonds is 8. The Labute approximate surface area is 218 Å². The van der Waals surface area contributed by atoms with Crippen LogP contribution in [0, 0.1) is 6.92 Å². The lowest BCUT2D eigenvalue weighted by atomic mass is 10.1. The summed E-state index contributed by atoms with van der Waals surface area (Å²) in [4.78, 5) is 17.0. The summed E-state index contributed by atoms with van der Waals surface area (Å²) >= 11 is 8.79. The molecular formula is C24H28N6O2S3. The van der Waals surface area contributed by atoms with Gasteiger partial charge < -0.3 is 25.4 Å². The van der Waals surface area contributed by atoms with E-state index < -0.39 is 0 Å². The molecule has 1 saturated heterocycles. The second-order valence-corrected chi connectivity index (χ2v) is 11.5. The number of nitrogens with zero attached hydrogens (tertiary/aromatic N) is 4. The number of hydrogen-bond donors (Lipinski definition) is 3. The molecule has 0 bridgehead atoms. The van der Waals surface area contributed by atoms with E-state index in [4.69, 9.17) is 32.0 Å². The first-order valence-corrected chi connectivity index (χ1v) is 13.7. The third-order valence-electron chi connectivity index (χ3n) is 5.90. The number of thioether (sulfide) groups is 1. The summed E-state index contributed by atoms with van der Waals surface area (Å²) in [5.41, 5.74) is 3.94. The van der Waals surface area contributed by atoms with Gasteiger partial charge in [-0.2, -0.15) is 0 Å². The van der Waals surface area contributed by atoms with Crippen LogP contribution in [-0.4, -0.2) is 64.6 Å². The summed E-state index contributed by atoms with van der Waals surface area (Å²) in [5, 5.41) is 17.6. The van der Waals surface area contributed by atoms with Crippen molar-refractivity contribution in [2.75, 3.05) is 49.7 Å². The van der Waals surface area contributed by atoms with Crippen molar-refractivity contribution in [1.82, 2.24) is 20.3 Å². The van der Waals surface area contributed by atoms with Gasteiger partial charge in [-0.3, -0.25) is 0 Å². The van der Waals surface area contributed by atoms with Gasteiger partial charge in [0.2, 0.25) is 0 Å². The Balaban J connectivity index is 1.43. The van der Waals surface area contributed by atoms with Gasteiger partial charge in [-0.25, -0.2) is 15.0 Å². The number of thiocarbonyl (C=S) groups is 1. The molecule has 2 aliphatic rings. The third kappa shape index (κ3) is 5.92. The zero-order valence-electron chi connectivity index (χ0n) is 19.5. The fourth-order valence-electron chi connectivity index (χ4n) is 3.87. The van der Waals surface area contributed by atoms with E-state index in [0.717, 1.165) is 64.6 Å². The Morgan fingerprint density at radius 3 is 2.63 bits per heavy atom. The molecule has 0 spiro atoms. The maximum Gasteiger partial charge on any atom is 0.170 e. The molecule has 3 N–H and O–H groups in total. The van der Waals surface area contributed by atoms with Crippen LogP contribution < -0.4 is 15.5 Å². The molecule has 1 aliphatic heterocycles. The van der Waals surface area contributed by atoms with E-state index in [1.807, 2.05) is 43.0 Å². The molecule has 3 heterocycles. The van der Waals surface area contributed by atoms with Crippen molar-refractivity contribution in [3.05, 3.63) is 47.1 Å². The van der Waals surface area contributed by atoms with E-state index in [9.17, 15) is 0 Å². The van der Waals surface area contributed by atoms with Crippen molar-refractivity contribution in [3.63, 3.8) is 0 Å². The Bertz CT molecular complexity index is 1180.